The average molecular weight is 438 g/mol. The number of aryl methyl sites for hydroxylation is 2. The quantitative estimate of drug-likeness (QED) is 0.640. The van der Waals surface area contributed by atoms with Crippen LogP contribution < -0.4 is 5.32 Å². The van der Waals surface area contributed by atoms with Crippen molar-refractivity contribution in [3.8, 4) is 0 Å². The van der Waals surface area contributed by atoms with Gasteiger partial charge in [-0.15, -0.1) is 0 Å². The Hall–Kier alpha value is -2.59. The van der Waals surface area contributed by atoms with E-state index in [0.29, 0.717) is 36.5 Å². The van der Waals surface area contributed by atoms with Crippen LogP contribution in [0.1, 0.15) is 47.3 Å². The van der Waals surface area contributed by atoms with Gasteiger partial charge in [0.1, 0.15) is 16.2 Å². The summed E-state index contributed by atoms with van der Waals surface area (Å²) in [7, 11) is -3.91. The molecular weight excluding hydrogens is 410 g/mol. The van der Waals surface area contributed by atoms with Crippen LogP contribution in [0.5, 0.6) is 0 Å². The van der Waals surface area contributed by atoms with E-state index < -0.39 is 16.0 Å². The van der Waals surface area contributed by atoms with Crippen LogP contribution in [0.3, 0.4) is 0 Å². The van der Waals surface area contributed by atoms with E-state index in [9.17, 15) is 18.0 Å². The third kappa shape index (κ3) is 4.44. The Labute approximate surface area is 175 Å². The van der Waals surface area contributed by atoms with Crippen LogP contribution in [0.4, 0.5) is 0 Å². The van der Waals surface area contributed by atoms with Crippen LogP contribution in [-0.2, 0) is 26.1 Å². The fraction of sp³-hybridized carbons (Fsp3) is 0.500. The summed E-state index contributed by atoms with van der Waals surface area (Å²) >= 11 is 0. The number of aromatic amines is 1. The van der Waals surface area contributed by atoms with Crippen molar-refractivity contribution < 1.29 is 27.2 Å². The molecule has 10 heteroatoms. The van der Waals surface area contributed by atoms with Crippen molar-refractivity contribution in [3.05, 3.63) is 41.1 Å². The zero-order chi connectivity index (χ0) is 21.9. The van der Waals surface area contributed by atoms with Gasteiger partial charge in [-0.2, -0.15) is 4.31 Å². The van der Waals surface area contributed by atoms with E-state index in [0.717, 1.165) is 0 Å². The summed E-state index contributed by atoms with van der Waals surface area (Å²) in [6.45, 7) is 5.80. The van der Waals surface area contributed by atoms with Crippen LogP contribution in [0.2, 0.25) is 0 Å². The monoisotopic (exact) mass is 437 g/mol. The van der Waals surface area contributed by atoms with Gasteiger partial charge >= 0.3 is 5.97 Å². The number of ether oxygens (including phenoxy) is 1. The lowest BCUT2D eigenvalue weighted by Crippen LogP contribution is -2.43. The van der Waals surface area contributed by atoms with Crippen molar-refractivity contribution in [3.63, 3.8) is 0 Å². The molecule has 1 aliphatic heterocycles. The summed E-state index contributed by atoms with van der Waals surface area (Å²) in [5.41, 5.74) is 0.901. The van der Waals surface area contributed by atoms with E-state index in [1.54, 1.807) is 39.2 Å². The Balaban J connectivity index is 1.69. The second kappa shape index (κ2) is 9.05. The number of aromatic nitrogens is 1. The van der Waals surface area contributed by atoms with E-state index >= 15 is 0 Å². The Morgan fingerprint density at radius 3 is 2.57 bits per heavy atom. The summed E-state index contributed by atoms with van der Waals surface area (Å²) in [5, 5.41) is 2.82. The van der Waals surface area contributed by atoms with Gasteiger partial charge in [-0.25, -0.2) is 13.2 Å². The molecule has 2 N–H and O–H groups in total. The van der Waals surface area contributed by atoms with Gasteiger partial charge in [0, 0.05) is 30.4 Å². The normalized spacial score (nSPS) is 15.8. The molecule has 30 heavy (non-hydrogen) atoms. The maximum absolute atomic E-state index is 13.3. The van der Waals surface area contributed by atoms with Crippen LogP contribution in [0.25, 0.3) is 0 Å². The molecule has 0 bridgehead atoms. The number of hydrogen-bond acceptors (Lipinski definition) is 6. The van der Waals surface area contributed by atoms with Gasteiger partial charge in [-0.05, 0) is 45.7 Å². The standard InChI is InChI=1S/C20H27N3O6S/c1-4-28-20(25)17-13(2)22-14(3)18(17)30(26,27)23-9-7-15(8-10-23)19(24)21-12-16-6-5-11-29-16/h5-6,11,15,22H,4,7-10,12H2,1-3H3,(H,21,24). The highest BCUT2D eigenvalue weighted by molar-refractivity contribution is 7.89. The number of piperidine rings is 1. The van der Waals surface area contributed by atoms with Gasteiger partial charge in [-0.3, -0.25) is 4.79 Å². The fourth-order valence-electron chi connectivity index (χ4n) is 3.75. The highest BCUT2D eigenvalue weighted by Gasteiger charge is 2.37. The maximum atomic E-state index is 13.3. The number of rotatable bonds is 7. The van der Waals surface area contributed by atoms with Crippen molar-refractivity contribution in [1.29, 1.82) is 0 Å². The zero-order valence-corrected chi connectivity index (χ0v) is 18.2. The third-order valence-corrected chi connectivity index (χ3v) is 7.31. The zero-order valence-electron chi connectivity index (χ0n) is 17.4. The Morgan fingerprint density at radius 2 is 1.97 bits per heavy atom. The van der Waals surface area contributed by atoms with Gasteiger partial charge in [0.25, 0.3) is 0 Å². The van der Waals surface area contributed by atoms with Crippen LogP contribution >= 0.6 is 0 Å². The number of H-pyrrole nitrogens is 1. The molecule has 9 nitrogen and oxygen atoms in total. The molecule has 0 aliphatic carbocycles. The van der Waals surface area contributed by atoms with Crippen molar-refractivity contribution >= 4 is 21.9 Å². The largest absolute Gasteiger partial charge is 0.467 e. The van der Waals surface area contributed by atoms with Crippen molar-refractivity contribution in [1.82, 2.24) is 14.6 Å². The minimum Gasteiger partial charge on any atom is -0.467 e. The molecule has 3 rings (SSSR count). The Morgan fingerprint density at radius 1 is 1.27 bits per heavy atom. The molecule has 0 spiro atoms. The minimum absolute atomic E-state index is 0.0424. The lowest BCUT2D eigenvalue weighted by Gasteiger charge is -2.30. The molecular formula is C20H27N3O6S. The number of carbonyl (C=O) groups excluding carboxylic acids is 2. The van der Waals surface area contributed by atoms with E-state index in [-0.39, 0.29) is 42.0 Å². The lowest BCUT2D eigenvalue weighted by molar-refractivity contribution is -0.126. The number of nitrogens with one attached hydrogen (secondary N) is 2. The van der Waals surface area contributed by atoms with Crippen LogP contribution in [0.15, 0.2) is 27.7 Å². The fourth-order valence-corrected chi connectivity index (χ4v) is 5.63. The number of hydrogen-bond donors (Lipinski definition) is 2. The molecule has 2 aromatic rings. The SMILES string of the molecule is CCOC(=O)c1c(C)[nH]c(C)c1S(=O)(=O)N1CCC(C(=O)NCc2ccco2)CC1. The summed E-state index contributed by atoms with van der Waals surface area (Å²) in [4.78, 5) is 27.7. The summed E-state index contributed by atoms with van der Waals surface area (Å²) in [5.74, 6) is -0.396. The first-order valence-electron chi connectivity index (χ1n) is 9.92. The molecule has 1 amide bonds. The predicted molar refractivity (Wildman–Crippen MR) is 108 cm³/mol. The van der Waals surface area contributed by atoms with Gasteiger partial charge in [-0.1, -0.05) is 0 Å². The summed E-state index contributed by atoms with van der Waals surface area (Å²) in [6, 6.07) is 3.53. The number of furan rings is 1. The first-order valence-corrected chi connectivity index (χ1v) is 11.4. The molecule has 164 valence electrons. The number of esters is 1. The summed E-state index contributed by atoms with van der Waals surface area (Å²) < 4.78 is 38.2. The van der Waals surface area contributed by atoms with Crippen molar-refractivity contribution in [2.24, 2.45) is 5.92 Å². The molecule has 0 unspecified atom stereocenters. The molecule has 0 aromatic carbocycles. The first kappa shape index (κ1) is 22.1. The average Bonchev–Trinajstić information content (AvgIpc) is 3.33. The number of sulfonamides is 1. The molecule has 3 heterocycles. The third-order valence-electron chi connectivity index (χ3n) is 5.24. The first-order chi connectivity index (χ1) is 14.3. The van der Waals surface area contributed by atoms with E-state index in [1.807, 2.05) is 0 Å². The Bertz CT molecular complexity index is 1000. The van der Waals surface area contributed by atoms with E-state index in [4.69, 9.17) is 9.15 Å². The molecule has 2 aromatic heterocycles. The highest BCUT2D eigenvalue weighted by atomic mass is 32.2. The number of nitrogens with zero attached hydrogens (tertiary/aromatic N) is 1. The lowest BCUT2D eigenvalue weighted by atomic mass is 9.97. The molecule has 0 atom stereocenters. The van der Waals surface area contributed by atoms with Crippen molar-refractivity contribution in [2.45, 2.75) is 45.1 Å². The van der Waals surface area contributed by atoms with Crippen LogP contribution in [-0.4, -0.2) is 49.3 Å². The summed E-state index contributed by atoms with van der Waals surface area (Å²) in [6.07, 6.45) is 2.35. The van der Waals surface area contributed by atoms with Gasteiger partial charge in [0.15, 0.2) is 0 Å². The second-order valence-corrected chi connectivity index (χ2v) is 9.15. The molecule has 1 saturated heterocycles. The van der Waals surface area contributed by atoms with E-state index in [1.165, 1.54) is 4.31 Å². The highest BCUT2D eigenvalue weighted by Crippen LogP contribution is 2.30. The van der Waals surface area contributed by atoms with Crippen molar-refractivity contribution in [2.75, 3.05) is 19.7 Å². The van der Waals surface area contributed by atoms with Gasteiger partial charge in [0.2, 0.25) is 15.9 Å². The molecule has 0 radical (unpaired) electrons. The second-order valence-electron chi connectivity index (χ2n) is 7.28. The number of amides is 1. The minimum atomic E-state index is -3.91. The molecule has 1 fully saturated rings. The number of carbonyl (C=O) groups is 2. The molecule has 1 aliphatic rings. The van der Waals surface area contributed by atoms with Crippen LogP contribution in [0, 0.1) is 19.8 Å². The maximum Gasteiger partial charge on any atom is 0.341 e. The Kier molecular flexibility index (Phi) is 6.67. The smallest absolute Gasteiger partial charge is 0.341 e. The van der Waals surface area contributed by atoms with Gasteiger partial charge in [0.05, 0.1) is 19.4 Å². The van der Waals surface area contributed by atoms with Gasteiger partial charge < -0.3 is 19.5 Å². The predicted octanol–water partition coefficient (Wildman–Crippen LogP) is 2.12. The topological polar surface area (TPSA) is 122 Å². The van der Waals surface area contributed by atoms with E-state index in [2.05, 4.69) is 10.3 Å². The molecule has 0 saturated carbocycles.